The first-order chi connectivity index (χ1) is 12.3. The molecule has 0 unspecified atom stereocenters. The third kappa shape index (κ3) is 3.65. The smallest absolute Gasteiger partial charge is 0.227 e. The quantitative estimate of drug-likeness (QED) is 0.670. The van der Waals surface area contributed by atoms with Crippen molar-refractivity contribution in [2.24, 2.45) is 5.92 Å². The highest BCUT2D eigenvalue weighted by Gasteiger charge is 2.26. The number of anilines is 2. The van der Waals surface area contributed by atoms with Gasteiger partial charge in [0.2, 0.25) is 11.9 Å². The van der Waals surface area contributed by atoms with Gasteiger partial charge in [-0.25, -0.2) is 4.98 Å². The van der Waals surface area contributed by atoms with Crippen molar-refractivity contribution in [2.45, 2.75) is 31.7 Å². The molecule has 3 N–H and O–H groups in total. The number of rotatable bonds is 4. The number of nitrogens with zero attached hydrogens (tertiary/aromatic N) is 1. The molecule has 0 radical (unpaired) electrons. The van der Waals surface area contributed by atoms with E-state index in [0.717, 1.165) is 48.4 Å². The van der Waals surface area contributed by atoms with Crippen LogP contribution in [0.4, 0.5) is 11.6 Å². The molecule has 5 heteroatoms. The van der Waals surface area contributed by atoms with Gasteiger partial charge in [0, 0.05) is 17.6 Å². The lowest BCUT2D eigenvalue weighted by Crippen LogP contribution is -2.32. The van der Waals surface area contributed by atoms with E-state index < -0.39 is 0 Å². The fourth-order valence-corrected chi connectivity index (χ4v) is 3.48. The molecular formula is C20H22N4O. The highest BCUT2D eigenvalue weighted by molar-refractivity contribution is 5.92. The number of fused-ring (bicyclic) bond motifs is 1. The number of para-hydroxylation sites is 3. The van der Waals surface area contributed by atoms with Crippen molar-refractivity contribution < 1.29 is 4.79 Å². The summed E-state index contributed by atoms with van der Waals surface area (Å²) >= 11 is 0. The molecule has 1 aliphatic carbocycles. The fourth-order valence-electron chi connectivity index (χ4n) is 3.48. The van der Waals surface area contributed by atoms with Crippen LogP contribution in [0.1, 0.15) is 25.7 Å². The van der Waals surface area contributed by atoms with Crippen LogP contribution < -0.4 is 10.6 Å². The second-order valence-corrected chi connectivity index (χ2v) is 6.65. The van der Waals surface area contributed by atoms with Crippen molar-refractivity contribution in [1.82, 2.24) is 9.97 Å². The average molecular weight is 334 g/mol. The molecule has 0 atom stereocenters. The zero-order valence-electron chi connectivity index (χ0n) is 14.0. The lowest BCUT2D eigenvalue weighted by Gasteiger charge is -2.28. The van der Waals surface area contributed by atoms with Crippen molar-refractivity contribution in [3.8, 4) is 0 Å². The first-order valence-corrected chi connectivity index (χ1v) is 8.85. The van der Waals surface area contributed by atoms with Gasteiger partial charge in [-0.15, -0.1) is 0 Å². The minimum Gasteiger partial charge on any atom is -0.353 e. The maximum Gasteiger partial charge on any atom is 0.227 e. The van der Waals surface area contributed by atoms with Crippen LogP contribution in [0.25, 0.3) is 11.0 Å². The van der Waals surface area contributed by atoms with Crippen molar-refractivity contribution in [2.75, 3.05) is 10.6 Å². The molecule has 1 amide bonds. The summed E-state index contributed by atoms with van der Waals surface area (Å²) in [5.74, 6) is 1.04. The number of hydrogen-bond donors (Lipinski definition) is 3. The monoisotopic (exact) mass is 334 g/mol. The molecule has 4 rings (SSSR count). The number of aromatic amines is 1. The van der Waals surface area contributed by atoms with Crippen LogP contribution in [0.3, 0.4) is 0 Å². The topological polar surface area (TPSA) is 69.8 Å². The fraction of sp³-hybridized carbons (Fsp3) is 0.300. The molecule has 0 saturated heterocycles. The number of imidazole rings is 1. The van der Waals surface area contributed by atoms with Crippen molar-refractivity contribution in [1.29, 1.82) is 0 Å². The lowest BCUT2D eigenvalue weighted by atomic mass is 9.85. The molecule has 1 fully saturated rings. The van der Waals surface area contributed by atoms with Gasteiger partial charge < -0.3 is 15.6 Å². The predicted octanol–water partition coefficient (Wildman–Crippen LogP) is 4.17. The molecule has 3 aromatic rings. The largest absolute Gasteiger partial charge is 0.353 e. The first kappa shape index (κ1) is 15.7. The van der Waals surface area contributed by atoms with Gasteiger partial charge in [0.15, 0.2) is 0 Å². The van der Waals surface area contributed by atoms with Crippen LogP contribution in [0.15, 0.2) is 54.6 Å². The van der Waals surface area contributed by atoms with Gasteiger partial charge >= 0.3 is 0 Å². The Labute approximate surface area is 146 Å². The van der Waals surface area contributed by atoms with E-state index in [9.17, 15) is 4.79 Å². The Bertz CT molecular complexity index is 817. The Balaban J connectivity index is 1.31. The van der Waals surface area contributed by atoms with Gasteiger partial charge in [-0.05, 0) is 49.9 Å². The van der Waals surface area contributed by atoms with E-state index in [0.29, 0.717) is 6.04 Å². The molecule has 1 saturated carbocycles. The number of amides is 1. The second kappa shape index (κ2) is 6.97. The summed E-state index contributed by atoms with van der Waals surface area (Å²) in [4.78, 5) is 20.3. The van der Waals surface area contributed by atoms with E-state index in [1.54, 1.807) is 0 Å². The summed E-state index contributed by atoms with van der Waals surface area (Å²) in [6.07, 6.45) is 3.75. The molecule has 1 aromatic heterocycles. The summed E-state index contributed by atoms with van der Waals surface area (Å²) in [6.45, 7) is 0. The third-order valence-electron chi connectivity index (χ3n) is 4.87. The Morgan fingerprint density at radius 3 is 2.44 bits per heavy atom. The van der Waals surface area contributed by atoms with Gasteiger partial charge in [-0.3, -0.25) is 4.79 Å². The van der Waals surface area contributed by atoms with Crippen LogP contribution in [0, 0.1) is 5.92 Å². The maximum atomic E-state index is 12.4. The average Bonchev–Trinajstić information content (AvgIpc) is 3.05. The summed E-state index contributed by atoms with van der Waals surface area (Å²) < 4.78 is 0. The molecule has 25 heavy (non-hydrogen) atoms. The van der Waals surface area contributed by atoms with Gasteiger partial charge in [0.25, 0.3) is 0 Å². The predicted molar refractivity (Wildman–Crippen MR) is 101 cm³/mol. The summed E-state index contributed by atoms with van der Waals surface area (Å²) in [5, 5.41) is 6.50. The van der Waals surface area contributed by atoms with Gasteiger partial charge in [-0.2, -0.15) is 0 Å². The van der Waals surface area contributed by atoms with Crippen LogP contribution in [-0.4, -0.2) is 21.9 Å². The number of aromatic nitrogens is 2. The number of carbonyl (C=O) groups excluding carboxylic acids is 1. The zero-order chi connectivity index (χ0) is 17.1. The van der Waals surface area contributed by atoms with Gasteiger partial charge in [0.1, 0.15) is 0 Å². The molecule has 0 spiro atoms. The molecule has 2 aromatic carbocycles. The molecule has 1 heterocycles. The van der Waals surface area contributed by atoms with E-state index in [1.165, 1.54) is 0 Å². The van der Waals surface area contributed by atoms with Crippen molar-refractivity contribution >= 4 is 28.6 Å². The highest BCUT2D eigenvalue weighted by Crippen LogP contribution is 2.27. The Hall–Kier alpha value is -2.82. The van der Waals surface area contributed by atoms with E-state index >= 15 is 0 Å². The molecule has 0 bridgehead atoms. The number of carbonyl (C=O) groups is 1. The number of benzene rings is 2. The Morgan fingerprint density at radius 2 is 1.68 bits per heavy atom. The molecule has 1 aliphatic rings. The summed E-state index contributed by atoms with van der Waals surface area (Å²) in [5.41, 5.74) is 2.89. The third-order valence-corrected chi connectivity index (χ3v) is 4.87. The number of hydrogen-bond acceptors (Lipinski definition) is 3. The van der Waals surface area contributed by atoms with Crippen LogP contribution in [0.2, 0.25) is 0 Å². The van der Waals surface area contributed by atoms with Gasteiger partial charge in [0.05, 0.1) is 11.0 Å². The summed E-state index contributed by atoms with van der Waals surface area (Å²) in [6, 6.07) is 18.0. The molecule has 128 valence electrons. The van der Waals surface area contributed by atoms with E-state index in [2.05, 4.69) is 20.6 Å². The van der Waals surface area contributed by atoms with Crippen molar-refractivity contribution in [3.63, 3.8) is 0 Å². The van der Waals surface area contributed by atoms with Crippen LogP contribution in [0.5, 0.6) is 0 Å². The van der Waals surface area contributed by atoms with E-state index in [-0.39, 0.29) is 11.8 Å². The summed E-state index contributed by atoms with van der Waals surface area (Å²) in [7, 11) is 0. The molecular weight excluding hydrogens is 312 g/mol. The maximum absolute atomic E-state index is 12.4. The second-order valence-electron chi connectivity index (χ2n) is 6.65. The normalized spacial score (nSPS) is 20.3. The van der Waals surface area contributed by atoms with Crippen molar-refractivity contribution in [3.05, 3.63) is 54.6 Å². The van der Waals surface area contributed by atoms with Gasteiger partial charge in [-0.1, -0.05) is 30.3 Å². The minimum absolute atomic E-state index is 0.0916. The highest BCUT2D eigenvalue weighted by atomic mass is 16.1. The zero-order valence-corrected chi connectivity index (χ0v) is 14.0. The van der Waals surface area contributed by atoms with E-state index in [4.69, 9.17) is 0 Å². The van der Waals surface area contributed by atoms with Crippen LogP contribution in [-0.2, 0) is 4.79 Å². The Kier molecular flexibility index (Phi) is 4.37. The van der Waals surface area contributed by atoms with Crippen LogP contribution >= 0.6 is 0 Å². The first-order valence-electron chi connectivity index (χ1n) is 8.85. The molecule has 5 nitrogen and oxygen atoms in total. The standard InChI is InChI=1S/C20H22N4O/c25-19(21-15-6-2-1-3-7-15)14-10-12-16(13-11-14)22-20-23-17-8-4-5-9-18(17)24-20/h1-9,14,16H,10-13H2,(H,21,25)(H2,22,23,24)/t14-,16+. The van der Waals surface area contributed by atoms with E-state index in [1.807, 2.05) is 54.6 Å². The number of nitrogens with one attached hydrogen (secondary N) is 3. The number of H-pyrrole nitrogens is 1. The molecule has 0 aliphatic heterocycles. The lowest BCUT2D eigenvalue weighted by molar-refractivity contribution is -0.120. The Morgan fingerprint density at radius 1 is 0.960 bits per heavy atom. The SMILES string of the molecule is O=C(Nc1ccccc1)[C@H]1CC[C@@H](Nc2nc3ccccc3[nH]2)CC1. The minimum atomic E-state index is 0.0916.